The number of nitrogens with zero attached hydrogens (tertiary/aromatic N) is 1. The zero-order valence-corrected chi connectivity index (χ0v) is 10.4. The Kier molecular flexibility index (Phi) is 3.83. The van der Waals surface area contributed by atoms with E-state index in [0.717, 1.165) is 18.1 Å². The summed E-state index contributed by atoms with van der Waals surface area (Å²) in [7, 11) is 0.416. The number of sulfone groups is 1. The largest absolute Gasteiger partial charge is 0.301 e. The van der Waals surface area contributed by atoms with Gasteiger partial charge in [-0.05, 0) is 31.8 Å². The van der Waals surface area contributed by atoms with Gasteiger partial charge in [-0.2, -0.15) is 0 Å². The van der Waals surface area contributed by atoms with Gasteiger partial charge in [-0.3, -0.25) is 4.90 Å². The quantitative estimate of drug-likeness (QED) is 0.735. The first-order valence-electron chi connectivity index (χ1n) is 4.78. The lowest BCUT2D eigenvalue weighted by Gasteiger charge is -2.18. The Bertz CT molecular complexity index is 463. The number of carbonyl (C=O) groups is 1. The first kappa shape index (κ1) is 12.9. The number of benzene rings is 1. The second kappa shape index (κ2) is 4.76. The number of rotatable bonds is 4. The molecule has 88 valence electrons. The lowest BCUT2D eigenvalue weighted by Crippen LogP contribution is -2.21. The topological polar surface area (TPSA) is 54.5 Å². The smallest absolute Gasteiger partial charge is 0.175 e. The number of carbonyl (C=O) groups excluding carboxylic acids is 1. The number of hydrogen-bond donors (Lipinski definition) is 0. The Hall–Kier alpha value is -1.20. The van der Waals surface area contributed by atoms with Crippen molar-refractivity contribution < 1.29 is 13.2 Å². The van der Waals surface area contributed by atoms with E-state index in [0.29, 0.717) is 0 Å². The molecular formula is C11H15NO3S. The van der Waals surface area contributed by atoms with Gasteiger partial charge >= 0.3 is 0 Å². The van der Waals surface area contributed by atoms with Gasteiger partial charge in [0.2, 0.25) is 0 Å². The zero-order chi connectivity index (χ0) is 12.3. The monoisotopic (exact) mass is 241 g/mol. The molecule has 0 radical (unpaired) electrons. The summed E-state index contributed by atoms with van der Waals surface area (Å²) in [4.78, 5) is 12.9. The van der Waals surface area contributed by atoms with Crippen LogP contribution in [0.2, 0.25) is 0 Å². The Balaban J connectivity index is 3.08. The summed E-state index contributed by atoms with van der Waals surface area (Å²) in [5.41, 5.74) is 0.785. The maximum Gasteiger partial charge on any atom is 0.175 e. The van der Waals surface area contributed by atoms with E-state index in [2.05, 4.69) is 0 Å². The molecule has 5 heteroatoms. The minimum atomic E-state index is -3.17. The van der Waals surface area contributed by atoms with E-state index in [1.165, 1.54) is 12.1 Å². The minimum Gasteiger partial charge on any atom is -0.301 e. The molecule has 0 saturated heterocycles. The summed E-state index contributed by atoms with van der Waals surface area (Å²) in [5, 5.41) is 0. The second-order valence-corrected chi connectivity index (χ2v) is 5.90. The van der Waals surface area contributed by atoms with Gasteiger partial charge in [0.15, 0.2) is 9.84 Å². The maximum absolute atomic E-state index is 11.2. The summed E-state index contributed by atoms with van der Waals surface area (Å²) in [5.74, 6) is 0. The molecule has 0 aromatic heterocycles. The molecule has 4 nitrogen and oxygen atoms in total. The molecule has 1 rings (SSSR count). The highest BCUT2D eigenvalue weighted by atomic mass is 32.2. The summed E-state index contributed by atoms with van der Waals surface area (Å²) in [6, 6.07) is 6.02. The lowest BCUT2D eigenvalue weighted by atomic mass is 10.1. The number of hydrogen-bond acceptors (Lipinski definition) is 4. The highest BCUT2D eigenvalue weighted by Crippen LogP contribution is 2.18. The molecule has 0 aliphatic rings. The van der Waals surface area contributed by atoms with Crippen molar-refractivity contribution in [2.45, 2.75) is 10.9 Å². The molecule has 16 heavy (non-hydrogen) atoms. The van der Waals surface area contributed by atoms with Gasteiger partial charge in [0.1, 0.15) is 6.29 Å². The van der Waals surface area contributed by atoms with E-state index in [1.807, 2.05) is 0 Å². The molecule has 0 spiro atoms. The molecule has 0 aliphatic heterocycles. The van der Waals surface area contributed by atoms with Gasteiger partial charge in [-0.15, -0.1) is 0 Å². The summed E-state index contributed by atoms with van der Waals surface area (Å²) >= 11 is 0. The van der Waals surface area contributed by atoms with Crippen LogP contribution in [0.5, 0.6) is 0 Å². The van der Waals surface area contributed by atoms with Crippen molar-refractivity contribution in [3.05, 3.63) is 29.8 Å². The van der Waals surface area contributed by atoms with Gasteiger partial charge in [0.25, 0.3) is 0 Å². The highest BCUT2D eigenvalue weighted by molar-refractivity contribution is 7.90. The van der Waals surface area contributed by atoms with Gasteiger partial charge < -0.3 is 4.79 Å². The third kappa shape index (κ3) is 2.90. The van der Waals surface area contributed by atoms with Gasteiger partial charge in [0, 0.05) is 6.26 Å². The second-order valence-electron chi connectivity index (χ2n) is 3.89. The average molecular weight is 241 g/mol. The van der Waals surface area contributed by atoms with Crippen molar-refractivity contribution in [2.75, 3.05) is 20.4 Å². The molecule has 1 aromatic carbocycles. The molecule has 0 N–H and O–H groups in total. The van der Waals surface area contributed by atoms with Crippen LogP contribution >= 0.6 is 0 Å². The van der Waals surface area contributed by atoms with Crippen LogP contribution in [0.1, 0.15) is 11.6 Å². The van der Waals surface area contributed by atoms with Gasteiger partial charge in [-0.25, -0.2) is 8.42 Å². The van der Waals surface area contributed by atoms with E-state index < -0.39 is 9.84 Å². The normalized spacial score (nSPS) is 13.8. The molecule has 0 heterocycles. The van der Waals surface area contributed by atoms with Crippen LogP contribution in [0, 0.1) is 0 Å². The van der Waals surface area contributed by atoms with Crippen LogP contribution in [0.15, 0.2) is 29.2 Å². The maximum atomic E-state index is 11.2. The molecular weight excluding hydrogens is 226 g/mol. The van der Waals surface area contributed by atoms with Crippen molar-refractivity contribution in [1.82, 2.24) is 4.90 Å². The first-order chi connectivity index (χ1) is 7.36. The van der Waals surface area contributed by atoms with Gasteiger partial charge in [-0.1, -0.05) is 12.1 Å². The Morgan fingerprint density at radius 2 is 1.69 bits per heavy atom. The van der Waals surface area contributed by atoms with Crippen LogP contribution in [-0.4, -0.2) is 40.0 Å². The number of likely N-dealkylation sites (N-methyl/N-ethyl adjacent to an activating group) is 1. The summed E-state index contributed by atoms with van der Waals surface area (Å²) < 4.78 is 22.5. The molecule has 0 bridgehead atoms. The van der Waals surface area contributed by atoms with Crippen molar-refractivity contribution >= 4 is 16.1 Å². The molecule has 1 unspecified atom stereocenters. The number of aldehydes is 1. The summed E-state index contributed by atoms with van der Waals surface area (Å²) in [6.45, 7) is 0. The molecule has 1 atom stereocenters. The zero-order valence-electron chi connectivity index (χ0n) is 9.54. The van der Waals surface area contributed by atoms with E-state index >= 15 is 0 Å². The highest BCUT2D eigenvalue weighted by Gasteiger charge is 2.13. The molecule has 0 fully saturated rings. The lowest BCUT2D eigenvalue weighted by molar-refractivity contribution is -0.111. The van der Waals surface area contributed by atoms with Crippen LogP contribution < -0.4 is 0 Å². The van der Waals surface area contributed by atoms with Crippen LogP contribution in [0.25, 0.3) is 0 Å². The van der Waals surface area contributed by atoms with E-state index in [4.69, 9.17) is 0 Å². The van der Waals surface area contributed by atoms with Crippen molar-refractivity contribution in [3.63, 3.8) is 0 Å². The fraction of sp³-hybridized carbons (Fsp3) is 0.364. The SMILES string of the molecule is CN(C)C(C=O)c1ccc(S(C)(=O)=O)cc1. The van der Waals surface area contributed by atoms with E-state index in [-0.39, 0.29) is 10.9 Å². The predicted octanol–water partition coefficient (Wildman–Crippen LogP) is 0.892. The Morgan fingerprint density at radius 1 is 1.19 bits per heavy atom. The molecule has 0 amide bonds. The van der Waals surface area contributed by atoms with Crippen LogP contribution in [-0.2, 0) is 14.6 Å². The van der Waals surface area contributed by atoms with Crippen molar-refractivity contribution in [3.8, 4) is 0 Å². The van der Waals surface area contributed by atoms with E-state index in [9.17, 15) is 13.2 Å². The molecule has 1 aromatic rings. The van der Waals surface area contributed by atoms with Crippen molar-refractivity contribution in [2.24, 2.45) is 0 Å². The van der Waals surface area contributed by atoms with Crippen LogP contribution in [0.4, 0.5) is 0 Å². The average Bonchev–Trinajstić information content (AvgIpc) is 2.17. The minimum absolute atomic E-state index is 0.264. The van der Waals surface area contributed by atoms with E-state index in [1.54, 1.807) is 31.1 Å². The Morgan fingerprint density at radius 3 is 2.00 bits per heavy atom. The fourth-order valence-electron chi connectivity index (χ4n) is 1.41. The standard InChI is InChI=1S/C11H15NO3S/c1-12(2)11(8-13)9-4-6-10(7-5-9)16(3,14)15/h4-8,11H,1-3H3. The predicted molar refractivity (Wildman–Crippen MR) is 62.0 cm³/mol. The summed E-state index contributed by atoms with van der Waals surface area (Å²) in [6.07, 6.45) is 1.99. The third-order valence-corrected chi connectivity index (χ3v) is 3.46. The first-order valence-corrected chi connectivity index (χ1v) is 6.67. The van der Waals surface area contributed by atoms with Gasteiger partial charge in [0.05, 0.1) is 10.9 Å². The molecule has 0 saturated carbocycles. The third-order valence-electron chi connectivity index (χ3n) is 2.34. The molecule has 0 aliphatic carbocycles. The van der Waals surface area contributed by atoms with Crippen LogP contribution in [0.3, 0.4) is 0 Å². The van der Waals surface area contributed by atoms with Crippen molar-refractivity contribution in [1.29, 1.82) is 0 Å². The Labute approximate surface area is 95.8 Å². The fourth-order valence-corrected chi connectivity index (χ4v) is 2.04.